The fourth-order valence-corrected chi connectivity index (χ4v) is 2.35. The average molecular weight is 227 g/mol. The summed E-state index contributed by atoms with van der Waals surface area (Å²) in [6.07, 6.45) is 3.79. The van der Waals surface area contributed by atoms with E-state index in [0.717, 1.165) is 5.92 Å². The molecule has 2 atom stereocenters. The van der Waals surface area contributed by atoms with Gasteiger partial charge in [0.05, 0.1) is 0 Å². The number of likely N-dealkylation sites (N-methyl/N-ethyl adjacent to an activating group) is 1. The minimum atomic E-state index is 0.371. The highest BCUT2D eigenvalue weighted by atomic mass is 15.2. The number of nitrogens with zero attached hydrogens (tertiary/aromatic N) is 2. The van der Waals surface area contributed by atoms with Crippen molar-refractivity contribution in [2.24, 2.45) is 11.7 Å². The highest BCUT2D eigenvalue weighted by Gasteiger charge is 2.15. The number of piperazine rings is 1. The van der Waals surface area contributed by atoms with Gasteiger partial charge in [-0.1, -0.05) is 13.3 Å². The third-order valence-corrected chi connectivity index (χ3v) is 3.52. The van der Waals surface area contributed by atoms with Crippen molar-refractivity contribution < 1.29 is 0 Å². The molecule has 0 amide bonds. The first kappa shape index (κ1) is 13.9. The molecule has 1 fully saturated rings. The second-order valence-corrected chi connectivity index (χ2v) is 5.62. The van der Waals surface area contributed by atoms with Crippen LogP contribution in [-0.2, 0) is 0 Å². The molecule has 1 aliphatic heterocycles. The van der Waals surface area contributed by atoms with E-state index >= 15 is 0 Å². The van der Waals surface area contributed by atoms with Crippen LogP contribution in [0.15, 0.2) is 0 Å². The van der Waals surface area contributed by atoms with Crippen LogP contribution in [0.25, 0.3) is 0 Å². The molecule has 0 aromatic carbocycles. The van der Waals surface area contributed by atoms with Crippen LogP contribution >= 0.6 is 0 Å². The molecule has 0 aliphatic carbocycles. The molecule has 0 spiro atoms. The molecule has 2 unspecified atom stereocenters. The third kappa shape index (κ3) is 5.83. The Kier molecular flexibility index (Phi) is 6.32. The first-order valence-corrected chi connectivity index (χ1v) is 6.74. The topological polar surface area (TPSA) is 32.5 Å². The minimum absolute atomic E-state index is 0.371. The van der Waals surface area contributed by atoms with E-state index in [9.17, 15) is 0 Å². The van der Waals surface area contributed by atoms with Crippen LogP contribution in [0.2, 0.25) is 0 Å². The highest BCUT2D eigenvalue weighted by Crippen LogP contribution is 2.12. The molecule has 0 radical (unpaired) electrons. The van der Waals surface area contributed by atoms with Gasteiger partial charge in [0.25, 0.3) is 0 Å². The second kappa shape index (κ2) is 7.25. The Morgan fingerprint density at radius 3 is 2.25 bits per heavy atom. The maximum Gasteiger partial charge on any atom is 0.0110 e. The number of rotatable bonds is 6. The van der Waals surface area contributed by atoms with Gasteiger partial charge in [0.1, 0.15) is 0 Å². The summed E-state index contributed by atoms with van der Waals surface area (Å²) in [5, 5.41) is 0. The molecule has 0 bridgehead atoms. The zero-order valence-corrected chi connectivity index (χ0v) is 11.3. The summed E-state index contributed by atoms with van der Waals surface area (Å²) in [5.41, 5.74) is 5.76. The van der Waals surface area contributed by atoms with E-state index in [2.05, 4.69) is 30.7 Å². The van der Waals surface area contributed by atoms with E-state index in [4.69, 9.17) is 5.73 Å². The van der Waals surface area contributed by atoms with E-state index in [0.29, 0.717) is 6.04 Å². The number of hydrogen-bond acceptors (Lipinski definition) is 3. The van der Waals surface area contributed by atoms with Gasteiger partial charge in [-0.05, 0) is 32.7 Å². The maximum absolute atomic E-state index is 5.76. The van der Waals surface area contributed by atoms with Crippen molar-refractivity contribution in [3.05, 3.63) is 0 Å². The van der Waals surface area contributed by atoms with Gasteiger partial charge in [-0.3, -0.25) is 0 Å². The molecule has 1 saturated heterocycles. The van der Waals surface area contributed by atoms with Crippen LogP contribution in [0.4, 0.5) is 0 Å². The minimum Gasteiger partial charge on any atom is -0.328 e. The third-order valence-electron chi connectivity index (χ3n) is 3.52. The molecule has 1 rings (SSSR count). The van der Waals surface area contributed by atoms with Crippen molar-refractivity contribution in [2.45, 2.75) is 39.2 Å². The van der Waals surface area contributed by atoms with E-state index in [1.54, 1.807) is 0 Å². The van der Waals surface area contributed by atoms with E-state index in [-0.39, 0.29) is 0 Å². The van der Waals surface area contributed by atoms with Crippen molar-refractivity contribution in [3.63, 3.8) is 0 Å². The Labute approximate surface area is 101 Å². The fourth-order valence-electron chi connectivity index (χ4n) is 2.35. The largest absolute Gasteiger partial charge is 0.328 e. The van der Waals surface area contributed by atoms with Gasteiger partial charge in [0, 0.05) is 38.8 Å². The van der Waals surface area contributed by atoms with Gasteiger partial charge in [0.15, 0.2) is 0 Å². The smallest absolute Gasteiger partial charge is 0.0110 e. The molecule has 96 valence electrons. The quantitative estimate of drug-likeness (QED) is 0.744. The molecule has 1 heterocycles. The van der Waals surface area contributed by atoms with Gasteiger partial charge in [-0.15, -0.1) is 0 Å². The summed E-state index contributed by atoms with van der Waals surface area (Å²) >= 11 is 0. The lowest BCUT2D eigenvalue weighted by molar-refractivity contribution is 0.136. The Bertz CT molecular complexity index is 174. The summed E-state index contributed by atoms with van der Waals surface area (Å²) in [4.78, 5) is 5.02. The Balaban J connectivity index is 2.07. The fraction of sp³-hybridized carbons (Fsp3) is 1.00. The predicted molar refractivity (Wildman–Crippen MR) is 70.6 cm³/mol. The van der Waals surface area contributed by atoms with Crippen LogP contribution in [0.3, 0.4) is 0 Å². The summed E-state index contributed by atoms with van der Waals surface area (Å²) in [5.74, 6) is 0.821. The second-order valence-electron chi connectivity index (χ2n) is 5.62. The van der Waals surface area contributed by atoms with Crippen LogP contribution in [-0.4, -0.2) is 55.6 Å². The zero-order valence-electron chi connectivity index (χ0n) is 11.3. The SMILES string of the molecule is CC(N)CCCC(C)CN1CCN(C)CC1. The molecule has 3 heteroatoms. The van der Waals surface area contributed by atoms with Crippen molar-refractivity contribution in [1.29, 1.82) is 0 Å². The van der Waals surface area contributed by atoms with Crippen LogP contribution < -0.4 is 5.73 Å². The summed E-state index contributed by atoms with van der Waals surface area (Å²) in [6, 6.07) is 0.371. The number of nitrogens with two attached hydrogens (primary N) is 1. The molecule has 2 N–H and O–H groups in total. The molecule has 0 aromatic rings. The van der Waals surface area contributed by atoms with Gasteiger partial charge < -0.3 is 15.5 Å². The van der Waals surface area contributed by atoms with Gasteiger partial charge in [-0.25, -0.2) is 0 Å². The Morgan fingerprint density at radius 2 is 1.69 bits per heavy atom. The van der Waals surface area contributed by atoms with Crippen molar-refractivity contribution in [1.82, 2.24) is 9.80 Å². The highest BCUT2D eigenvalue weighted by molar-refractivity contribution is 4.71. The lowest BCUT2D eigenvalue weighted by Gasteiger charge is -2.34. The van der Waals surface area contributed by atoms with Crippen LogP contribution in [0.5, 0.6) is 0 Å². The molecule has 16 heavy (non-hydrogen) atoms. The van der Waals surface area contributed by atoms with Crippen LogP contribution in [0.1, 0.15) is 33.1 Å². The first-order chi connectivity index (χ1) is 7.58. The Hall–Kier alpha value is -0.120. The standard InChI is InChI=1S/C13H29N3/c1-12(5-4-6-13(2)14)11-16-9-7-15(3)8-10-16/h12-13H,4-11,14H2,1-3H3. The maximum atomic E-state index is 5.76. The van der Waals surface area contributed by atoms with Crippen LogP contribution in [0, 0.1) is 5.92 Å². The van der Waals surface area contributed by atoms with E-state index < -0.39 is 0 Å². The van der Waals surface area contributed by atoms with Gasteiger partial charge in [-0.2, -0.15) is 0 Å². The van der Waals surface area contributed by atoms with Gasteiger partial charge >= 0.3 is 0 Å². The molecule has 0 saturated carbocycles. The molecule has 0 aromatic heterocycles. The van der Waals surface area contributed by atoms with E-state index in [1.807, 2.05) is 0 Å². The molecule has 3 nitrogen and oxygen atoms in total. The summed E-state index contributed by atoms with van der Waals surface area (Å²) in [7, 11) is 2.21. The monoisotopic (exact) mass is 227 g/mol. The van der Waals surface area contributed by atoms with Crippen molar-refractivity contribution in [2.75, 3.05) is 39.8 Å². The Morgan fingerprint density at radius 1 is 1.06 bits per heavy atom. The molecular weight excluding hydrogens is 198 g/mol. The molecular formula is C13H29N3. The van der Waals surface area contributed by atoms with E-state index in [1.165, 1.54) is 52.0 Å². The zero-order chi connectivity index (χ0) is 12.0. The van der Waals surface area contributed by atoms with Gasteiger partial charge in [0.2, 0.25) is 0 Å². The number of hydrogen-bond donors (Lipinski definition) is 1. The first-order valence-electron chi connectivity index (χ1n) is 6.74. The van der Waals surface area contributed by atoms with Crippen molar-refractivity contribution >= 4 is 0 Å². The van der Waals surface area contributed by atoms with Crippen molar-refractivity contribution in [3.8, 4) is 0 Å². The molecule has 1 aliphatic rings. The average Bonchev–Trinajstić information content (AvgIpc) is 2.21. The normalized spacial score (nSPS) is 23.2. The lowest BCUT2D eigenvalue weighted by Crippen LogP contribution is -2.45. The summed E-state index contributed by atoms with van der Waals surface area (Å²) in [6.45, 7) is 10.7. The predicted octanol–water partition coefficient (Wildman–Crippen LogP) is 1.39. The lowest BCUT2D eigenvalue weighted by atomic mass is 10.0. The summed E-state index contributed by atoms with van der Waals surface area (Å²) < 4.78 is 0.